The summed E-state index contributed by atoms with van der Waals surface area (Å²) in [5.74, 6) is -2.49. The van der Waals surface area contributed by atoms with Crippen molar-refractivity contribution < 1.29 is 18.7 Å². The van der Waals surface area contributed by atoms with E-state index in [-0.39, 0.29) is 18.5 Å². The number of nitrogens with one attached hydrogen (secondary N) is 1. The Morgan fingerprint density at radius 2 is 1.76 bits per heavy atom. The normalized spacial score (nSPS) is 12.1. The second-order valence-electron chi connectivity index (χ2n) is 5.82. The molecular formula is C20H17F2NO2. The second-order valence-corrected chi connectivity index (χ2v) is 5.82. The zero-order valence-corrected chi connectivity index (χ0v) is 13.4. The monoisotopic (exact) mass is 341 g/mol. The Balaban J connectivity index is 1.61. The van der Waals surface area contributed by atoms with Crippen LogP contribution in [0.5, 0.6) is 0 Å². The minimum atomic E-state index is -1.02. The average Bonchev–Trinajstić information content (AvgIpc) is 2.63. The topological polar surface area (TPSA) is 49.3 Å². The first-order valence-corrected chi connectivity index (χ1v) is 7.91. The maximum Gasteiger partial charge on any atom is 0.224 e. The van der Waals surface area contributed by atoms with E-state index < -0.39 is 23.6 Å². The van der Waals surface area contributed by atoms with Gasteiger partial charge in [0.1, 0.15) is 0 Å². The predicted molar refractivity (Wildman–Crippen MR) is 92.0 cm³/mol. The molecule has 128 valence electrons. The summed E-state index contributed by atoms with van der Waals surface area (Å²) < 4.78 is 26.7. The molecule has 0 fully saturated rings. The SMILES string of the molecule is O=C(Cc1cccc(F)c1F)NCC(O)c1ccc2ccccc2c1. The van der Waals surface area contributed by atoms with Gasteiger partial charge in [-0.3, -0.25) is 4.79 Å². The van der Waals surface area contributed by atoms with Crippen LogP contribution in [0.1, 0.15) is 17.2 Å². The van der Waals surface area contributed by atoms with Gasteiger partial charge in [0.05, 0.1) is 12.5 Å². The van der Waals surface area contributed by atoms with Crippen molar-refractivity contribution in [2.45, 2.75) is 12.5 Å². The van der Waals surface area contributed by atoms with Gasteiger partial charge in [-0.2, -0.15) is 0 Å². The number of amides is 1. The molecule has 3 aromatic carbocycles. The number of carbonyl (C=O) groups is 1. The molecule has 0 bridgehead atoms. The van der Waals surface area contributed by atoms with Crippen molar-refractivity contribution in [1.82, 2.24) is 5.32 Å². The molecule has 0 saturated carbocycles. The van der Waals surface area contributed by atoms with Crippen molar-refractivity contribution in [2.75, 3.05) is 6.54 Å². The molecular weight excluding hydrogens is 324 g/mol. The maximum absolute atomic E-state index is 13.6. The van der Waals surface area contributed by atoms with Gasteiger partial charge < -0.3 is 10.4 Å². The van der Waals surface area contributed by atoms with Gasteiger partial charge in [-0.05, 0) is 28.5 Å². The minimum absolute atomic E-state index is 0.00584. The number of hydrogen-bond donors (Lipinski definition) is 2. The number of hydrogen-bond acceptors (Lipinski definition) is 2. The van der Waals surface area contributed by atoms with Crippen molar-refractivity contribution in [3.8, 4) is 0 Å². The number of halogens is 2. The summed E-state index contributed by atoms with van der Waals surface area (Å²) in [6.45, 7) is -0.00584. The predicted octanol–water partition coefficient (Wildman–Crippen LogP) is 3.51. The van der Waals surface area contributed by atoms with Crippen molar-refractivity contribution in [2.24, 2.45) is 0 Å². The molecule has 1 atom stereocenters. The Hall–Kier alpha value is -2.79. The highest BCUT2D eigenvalue weighted by atomic mass is 19.2. The summed E-state index contributed by atoms with van der Waals surface area (Å²) in [5, 5.41) is 14.8. The van der Waals surface area contributed by atoms with Crippen LogP contribution in [-0.2, 0) is 11.2 Å². The molecule has 3 aromatic rings. The van der Waals surface area contributed by atoms with Crippen LogP contribution in [0.2, 0.25) is 0 Å². The van der Waals surface area contributed by atoms with Gasteiger partial charge in [0.15, 0.2) is 11.6 Å². The van der Waals surface area contributed by atoms with Crippen LogP contribution in [-0.4, -0.2) is 17.6 Å². The van der Waals surface area contributed by atoms with E-state index in [0.29, 0.717) is 5.56 Å². The average molecular weight is 341 g/mol. The lowest BCUT2D eigenvalue weighted by Crippen LogP contribution is -2.30. The maximum atomic E-state index is 13.6. The van der Waals surface area contributed by atoms with Gasteiger partial charge in [0.25, 0.3) is 0 Å². The highest BCUT2D eigenvalue weighted by Gasteiger charge is 2.14. The highest BCUT2D eigenvalue weighted by molar-refractivity contribution is 5.83. The Bertz CT molecular complexity index is 911. The molecule has 5 heteroatoms. The standard InChI is InChI=1S/C20H17F2NO2/c21-17-7-3-6-16(20(17)22)11-19(25)23-12-18(24)15-9-8-13-4-1-2-5-14(13)10-15/h1-10,18,24H,11-12H2,(H,23,25). The van der Waals surface area contributed by atoms with E-state index in [4.69, 9.17) is 0 Å². The van der Waals surface area contributed by atoms with Crippen LogP contribution < -0.4 is 5.32 Å². The fourth-order valence-electron chi connectivity index (χ4n) is 2.66. The zero-order chi connectivity index (χ0) is 17.8. The number of rotatable bonds is 5. The molecule has 3 nitrogen and oxygen atoms in total. The Labute approximate surface area is 143 Å². The van der Waals surface area contributed by atoms with Gasteiger partial charge >= 0.3 is 0 Å². The highest BCUT2D eigenvalue weighted by Crippen LogP contribution is 2.20. The van der Waals surface area contributed by atoms with Crippen LogP contribution in [0, 0.1) is 11.6 Å². The van der Waals surface area contributed by atoms with Crippen LogP contribution in [0.15, 0.2) is 60.7 Å². The van der Waals surface area contributed by atoms with Crippen LogP contribution in [0.25, 0.3) is 10.8 Å². The second kappa shape index (κ2) is 7.40. The molecule has 2 N–H and O–H groups in total. The Morgan fingerprint density at radius 3 is 2.56 bits per heavy atom. The molecule has 0 aliphatic carbocycles. The third-order valence-electron chi connectivity index (χ3n) is 4.03. The lowest BCUT2D eigenvalue weighted by molar-refractivity contribution is -0.120. The number of carbonyl (C=O) groups excluding carboxylic acids is 1. The Kier molecular flexibility index (Phi) is 5.05. The van der Waals surface area contributed by atoms with E-state index in [1.807, 2.05) is 36.4 Å². The molecule has 0 aliphatic heterocycles. The molecule has 0 radical (unpaired) electrons. The summed E-state index contributed by atoms with van der Waals surface area (Å²) in [4.78, 5) is 11.9. The van der Waals surface area contributed by atoms with Crippen molar-refractivity contribution >= 4 is 16.7 Å². The molecule has 1 unspecified atom stereocenters. The molecule has 0 spiro atoms. The van der Waals surface area contributed by atoms with Gasteiger partial charge in [0, 0.05) is 12.1 Å². The summed E-state index contributed by atoms with van der Waals surface area (Å²) >= 11 is 0. The summed E-state index contributed by atoms with van der Waals surface area (Å²) in [7, 11) is 0. The van der Waals surface area contributed by atoms with E-state index in [1.165, 1.54) is 12.1 Å². The first-order chi connectivity index (χ1) is 12.0. The summed E-state index contributed by atoms with van der Waals surface area (Å²) in [6.07, 6.45) is -1.17. The van der Waals surface area contributed by atoms with Gasteiger partial charge in [0.2, 0.25) is 5.91 Å². The lowest BCUT2D eigenvalue weighted by Gasteiger charge is -2.13. The number of aliphatic hydroxyl groups is 1. The van der Waals surface area contributed by atoms with Gasteiger partial charge in [-0.15, -0.1) is 0 Å². The van der Waals surface area contributed by atoms with Crippen molar-refractivity contribution in [3.05, 3.63) is 83.4 Å². The van der Waals surface area contributed by atoms with E-state index in [1.54, 1.807) is 6.07 Å². The molecule has 0 saturated heterocycles. The van der Waals surface area contributed by atoms with Gasteiger partial charge in [-0.1, -0.05) is 48.5 Å². The first-order valence-electron chi connectivity index (χ1n) is 7.91. The number of aliphatic hydroxyl groups excluding tert-OH is 1. The Morgan fingerprint density at radius 1 is 1.00 bits per heavy atom. The van der Waals surface area contributed by atoms with Crippen molar-refractivity contribution in [3.63, 3.8) is 0 Å². The molecule has 1 amide bonds. The molecule has 0 heterocycles. The minimum Gasteiger partial charge on any atom is -0.387 e. The van der Waals surface area contributed by atoms with E-state index in [0.717, 1.165) is 16.8 Å². The third kappa shape index (κ3) is 4.00. The molecule has 3 rings (SSSR count). The van der Waals surface area contributed by atoms with E-state index >= 15 is 0 Å². The van der Waals surface area contributed by atoms with Crippen LogP contribution in [0.4, 0.5) is 8.78 Å². The largest absolute Gasteiger partial charge is 0.387 e. The molecule has 25 heavy (non-hydrogen) atoms. The van der Waals surface area contributed by atoms with E-state index in [9.17, 15) is 18.7 Å². The van der Waals surface area contributed by atoms with Crippen LogP contribution >= 0.6 is 0 Å². The quantitative estimate of drug-likeness (QED) is 0.746. The van der Waals surface area contributed by atoms with Gasteiger partial charge in [-0.25, -0.2) is 8.78 Å². The molecule has 0 aliphatic rings. The summed E-state index contributed by atoms with van der Waals surface area (Å²) in [6, 6.07) is 17.0. The lowest BCUT2D eigenvalue weighted by atomic mass is 10.0. The first kappa shape index (κ1) is 17.0. The number of benzene rings is 3. The fraction of sp³-hybridized carbons (Fsp3) is 0.150. The fourth-order valence-corrected chi connectivity index (χ4v) is 2.66. The number of fused-ring (bicyclic) bond motifs is 1. The van der Waals surface area contributed by atoms with Crippen LogP contribution in [0.3, 0.4) is 0 Å². The third-order valence-corrected chi connectivity index (χ3v) is 4.03. The van der Waals surface area contributed by atoms with E-state index in [2.05, 4.69) is 5.32 Å². The molecule has 0 aromatic heterocycles. The smallest absolute Gasteiger partial charge is 0.224 e. The van der Waals surface area contributed by atoms with Crippen molar-refractivity contribution in [1.29, 1.82) is 0 Å². The zero-order valence-electron chi connectivity index (χ0n) is 13.4. The summed E-state index contributed by atoms with van der Waals surface area (Å²) in [5.41, 5.74) is 0.661.